The predicted octanol–water partition coefficient (Wildman–Crippen LogP) is 1.99. The summed E-state index contributed by atoms with van der Waals surface area (Å²) in [6, 6.07) is 5.83. The van der Waals surface area contributed by atoms with Gasteiger partial charge in [0.1, 0.15) is 5.75 Å². The van der Waals surface area contributed by atoms with Gasteiger partial charge in [-0.15, -0.1) is 0 Å². The lowest BCUT2D eigenvalue weighted by atomic mass is 10.3. The molecule has 0 aliphatic heterocycles. The Kier molecular flexibility index (Phi) is 3.24. The van der Waals surface area contributed by atoms with Gasteiger partial charge in [-0.25, -0.2) is 4.98 Å². The molecule has 0 spiro atoms. The average molecular weight is 237 g/mol. The maximum Gasteiger partial charge on any atom is 0.201 e. The van der Waals surface area contributed by atoms with E-state index in [1.807, 2.05) is 22.8 Å². The molecule has 2 N–H and O–H groups in total. The first-order valence-corrected chi connectivity index (χ1v) is 6.44. The maximum absolute atomic E-state index is 5.89. The normalized spacial score (nSPS) is 10.9. The minimum atomic E-state index is 0.567. The van der Waals surface area contributed by atoms with Crippen LogP contribution in [-0.2, 0) is 6.54 Å². The Labute approximate surface area is 98.8 Å². The van der Waals surface area contributed by atoms with Crippen LogP contribution in [0.4, 0.5) is 5.95 Å². The second kappa shape index (κ2) is 4.65. The first-order valence-electron chi connectivity index (χ1n) is 5.05. The molecule has 1 heterocycles. The van der Waals surface area contributed by atoms with E-state index in [4.69, 9.17) is 10.5 Å². The third kappa shape index (κ3) is 1.95. The number of rotatable bonds is 4. The molecule has 2 aromatic rings. The van der Waals surface area contributed by atoms with E-state index in [0.29, 0.717) is 5.95 Å². The highest BCUT2D eigenvalue weighted by molar-refractivity contribution is 7.98. The van der Waals surface area contributed by atoms with Crippen molar-refractivity contribution in [1.29, 1.82) is 0 Å². The lowest BCUT2D eigenvalue weighted by molar-refractivity contribution is 0.415. The summed E-state index contributed by atoms with van der Waals surface area (Å²) >= 11 is 1.80. The second-order valence-electron chi connectivity index (χ2n) is 3.47. The van der Waals surface area contributed by atoms with Crippen molar-refractivity contribution in [3.05, 3.63) is 18.2 Å². The molecule has 1 aromatic heterocycles. The molecule has 0 bridgehead atoms. The van der Waals surface area contributed by atoms with E-state index < -0.39 is 0 Å². The van der Waals surface area contributed by atoms with Crippen LogP contribution in [-0.4, -0.2) is 28.7 Å². The van der Waals surface area contributed by atoms with Crippen molar-refractivity contribution in [1.82, 2.24) is 9.55 Å². The highest BCUT2D eigenvalue weighted by Crippen LogP contribution is 2.22. The van der Waals surface area contributed by atoms with Crippen LogP contribution in [0.5, 0.6) is 5.75 Å². The molecule has 2 rings (SSSR count). The monoisotopic (exact) mass is 237 g/mol. The first kappa shape index (κ1) is 11.1. The van der Waals surface area contributed by atoms with E-state index in [9.17, 15) is 0 Å². The molecule has 0 aliphatic rings. The summed E-state index contributed by atoms with van der Waals surface area (Å²) in [7, 11) is 1.65. The predicted molar refractivity (Wildman–Crippen MR) is 69.1 cm³/mol. The van der Waals surface area contributed by atoms with Crippen molar-refractivity contribution < 1.29 is 4.74 Å². The van der Waals surface area contributed by atoms with Crippen LogP contribution < -0.4 is 10.5 Å². The summed E-state index contributed by atoms with van der Waals surface area (Å²) in [6.45, 7) is 0.885. The summed E-state index contributed by atoms with van der Waals surface area (Å²) in [5.74, 6) is 2.40. The van der Waals surface area contributed by atoms with E-state index in [2.05, 4.69) is 11.2 Å². The van der Waals surface area contributed by atoms with Gasteiger partial charge in [-0.3, -0.25) is 0 Å². The Bertz CT molecular complexity index is 495. The van der Waals surface area contributed by atoms with Crippen LogP contribution in [0.2, 0.25) is 0 Å². The van der Waals surface area contributed by atoms with E-state index in [0.717, 1.165) is 29.1 Å². The fourth-order valence-corrected chi connectivity index (χ4v) is 2.04. The number of nitrogens with two attached hydrogens (primary N) is 1. The van der Waals surface area contributed by atoms with Gasteiger partial charge < -0.3 is 15.0 Å². The number of aryl methyl sites for hydroxylation is 1. The topological polar surface area (TPSA) is 53.1 Å². The number of fused-ring (bicyclic) bond motifs is 1. The molecule has 4 nitrogen and oxygen atoms in total. The summed E-state index contributed by atoms with van der Waals surface area (Å²) in [5, 5.41) is 0. The van der Waals surface area contributed by atoms with Crippen molar-refractivity contribution in [2.24, 2.45) is 0 Å². The summed E-state index contributed by atoms with van der Waals surface area (Å²) < 4.78 is 7.19. The Morgan fingerprint density at radius 1 is 1.50 bits per heavy atom. The van der Waals surface area contributed by atoms with Gasteiger partial charge in [0.15, 0.2) is 0 Å². The van der Waals surface area contributed by atoms with Gasteiger partial charge in [0.05, 0.1) is 18.1 Å². The zero-order valence-corrected chi connectivity index (χ0v) is 10.3. The van der Waals surface area contributed by atoms with Crippen molar-refractivity contribution in [3.63, 3.8) is 0 Å². The maximum atomic E-state index is 5.89. The molecule has 0 radical (unpaired) electrons. The molecular weight excluding hydrogens is 222 g/mol. The third-order valence-electron chi connectivity index (χ3n) is 2.50. The number of aromatic nitrogens is 2. The number of methoxy groups -OCH3 is 1. The summed E-state index contributed by atoms with van der Waals surface area (Å²) in [6.07, 6.45) is 2.08. The van der Waals surface area contributed by atoms with E-state index >= 15 is 0 Å². The van der Waals surface area contributed by atoms with Gasteiger partial charge in [-0.1, -0.05) is 0 Å². The Morgan fingerprint density at radius 2 is 2.31 bits per heavy atom. The summed E-state index contributed by atoms with van der Waals surface area (Å²) in [4.78, 5) is 4.33. The zero-order valence-electron chi connectivity index (χ0n) is 9.43. The van der Waals surface area contributed by atoms with Gasteiger partial charge in [-0.05, 0) is 18.4 Å². The Morgan fingerprint density at radius 3 is 3.00 bits per heavy atom. The highest BCUT2D eigenvalue weighted by Gasteiger charge is 2.08. The van der Waals surface area contributed by atoms with Crippen LogP contribution in [0.1, 0.15) is 0 Å². The van der Waals surface area contributed by atoms with Gasteiger partial charge in [0.25, 0.3) is 0 Å². The largest absolute Gasteiger partial charge is 0.497 e. The van der Waals surface area contributed by atoms with Crippen LogP contribution in [0.15, 0.2) is 18.2 Å². The van der Waals surface area contributed by atoms with Crippen molar-refractivity contribution in [2.75, 3.05) is 24.9 Å². The molecule has 0 fully saturated rings. The minimum Gasteiger partial charge on any atom is -0.497 e. The molecule has 86 valence electrons. The average Bonchev–Trinajstić information content (AvgIpc) is 2.61. The van der Waals surface area contributed by atoms with Crippen LogP contribution in [0, 0.1) is 0 Å². The lowest BCUT2D eigenvalue weighted by Gasteiger charge is -2.05. The number of thioether (sulfide) groups is 1. The van der Waals surface area contributed by atoms with E-state index in [1.54, 1.807) is 18.9 Å². The molecule has 0 saturated heterocycles. The lowest BCUT2D eigenvalue weighted by Crippen LogP contribution is -2.04. The molecule has 0 unspecified atom stereocenters. The highest BCUT2D eigenvalue weighted by atomic mass is 32.2. The second-order valence-corrected chi connectivity index (χ2v) is 4.45. The molecule has 5 heteroatoms. The Balaban J connectivity index is 2.45. The summed E-state index contributed by atoms with van der Waals surface area (Å²) in [5.41, 5.74) is 7.84. The molecule has 16 heavy (non-hydrogen) atoms. The zero-order chi connectivity index (χ0) is 11.5. The molecular formula is C11H15N3OS. The molecule has 1 aromatic carbocycles. The molecule has 0 aliphatic carbocycles. The number of hydrogen-bond acceptors (Lipinski definition) is 4. The van der Waals surface area contributed by atoms with Crippen LogP contribution in [0.25, 0.3) is 11.0 Å². The number of anilines is 1. The minimum absolute atomic E-state index is 0.567. The van der Waals surface area contributed by atoms with Crippen LogP contribution >= 0.6 is 11.8 Å². The van der Waals surface area contributed by atoms with Gasteiger partial charge in [0.2, 0.25) is 5.95 Å². The van der Waals surface area contributed by atoms with E-state index in [1.165, 1.54) is 0 Å². The van der Waals surface area contributed by atoms with E-state index in [-0.39, 0.29) is 0 Å². The fraction of sp³-hybridized carbons (Fsp3) is 0.364. The number of ether oxygens (including phenoxy) is 1. The third-order valence-corrected chi connectivity index (χ3v) is 3.09. The standard InChI is InChI=1S/C11H15N3OS/c1-15-8-3-4-10-9(7-8)13-11(12)14(10)5-6-16-2/h3-4,7H,5-6H2,1-2H3,(H2,12,13). The van der Waals surface area contributed by atoms with Crippen molar-refractivity contribution >= 4 is 28.7 Å². The number of benzene rings is 1. The number of hydrogen-bond donors (Lipinski definition) is 1. The number of nitrogens with zero attached hydrogens (tertiary/aromatic N) is 2. The van der Waals surface area contributed by atoms with Gasteiger partial charge in [0, 0.05) is 18.4 Å². The molecule has 0 atom stereocenters. The smallest absolute Gasteiger partial charge is 0.201 e. The van der Waals surface area contributed by atoms with Crippen molar-refractivity contribution in [3.8, 4) is 5.75 Å². The Hall–Kier alpha value is -1.36. The van der Waals surface area contributed by atoms with Crippen LogP contribution in [0.3, 0.4) is 0 Å². The van der Waals surface area contributed by atoms with Gasteiger partial charge in [-0.2, -0.15) is 11.8 Å². The number of imidazole rings is 1. The van der Waals surface area contributed by atoms with Crippen molar-refractivity contribution in [2.45, 2.75) is 6.54 Å². The quantitative estimate of drug-likeness (QED) is 0.883. The fourth-order valence-electron chi connectivity index (χ4n) is 1.67. The SMILES string of the molecule is COc1ccc2c(c1)nc(N)n2CCSC. The molecule has 0 saturated carbocycles. The van der Waals surface area contributed by atoms with Gasteiger partial charge >= 0.3 is 0 Å². The molecule has 0 amide bonds. The first-order chi connectivity index (χ1) is 7.76. The number of nitrogen functional groups attached to an aromatic ring is 1.